The molecule has 0 amide bonds. The molecule has 1 aliphatic rings. The second-order valence-corrected chi connectivity index (χ2v) is 6.19. The minimum Gasteiger partial charge on any atom is -0.309 e. The zero-order valence-electron chi connectivity index (χ0n) is 12.0. The molecular formula is C16H25ClN2. The van der Waals surface area contributed by atoms with E-state index in [4.69, 9.17) is 11.6 Å². The molecule has 2 rings (SSSR count). The molecule has 0 radical (unpaired) electrons. The maximum Gasteiger partial charge on any atom is 0.0406 e. The lowest BCUT2D eigenvalue weighted by Crippen LogP contribution is -2.38. The van der Waals surface area contributed by atoms with Crippen LogP contribution in [0.5, 0.6) is 0 Å². The van der Waals surface area contributed by atoms with E-state index in [0.29, 0.717) is 6.04 Å². The van der Waals surface area contributed by atoms with Crippen molar-refractivity contribution in [2.45, 2.75) is 32.7 Å². The summed E-state index contributed by atoms with van der Waals surface area (Å²) in [6, 6.07) is 8.51. The Morgan fingerprint density at radius 2 is 1.89 bits per heavy atom. The lowest BCUT2D eigenvalue weighted by atomic mass is 9.99. The number of nitrogens with one attached hydrogen (secondary N) is 1. The fraction of sp³-hybridized carbons (Fsp3) is 0.625. The Balaban J connectivity index is 1.69. The SMILES string of the molecule is CC1CCN(CCNC(C)c2ccc(Cl)cc2)CC1. The molecule has 1 saturated heterocycles. The Kier molecular flexibility index (Phi) is 5.68. The Bertz CT molecular complexity index is 369. The van der Waals surface area contributed by atoms with Crippen LogP contribution >= 0.6 is 11.6 Å². The van der Waals surface area contributed by atoms with Gasteiger partial charge in [-0.3, -0.25) is 0 Å². The summed E-state index contributed by atoms with van der Waals surface area (Å²) in [5.74, 6) is 0.914. The van der Waals surface area contributed by atoms with Crippen LogP contribution in [-0.4, -0.2) is 31.1 Å². The summed E-state index contributed by atoms with van der Waals surface area (Å²) in [6.45, 7) is 9.30. The number of hydrogen-bond acceptors (Lipinski definition) is 2. The van der Waals surface area contributed by atoms with Gasteiger partial charge in [0.25, 0.3) is 0 Å². The van der Waals surface area contributed by atoms with E-state index in [2.05, 4.69) is 36.2 Å². The standard InChI is InChI=1S/C16H25ClN2/c1-13-7-10-19(11-8-13)12-9-18-14(2)15-3-5-16(17)6-4-15/h3-6,13-14,18H,7-12H2,1-2H3. The summed E-state index contributed by atoms with van der Waals surface area (Å²) in [4.78, 5) is 2.57. The van der Waals surface area contributed by atoms with Gasteiger partial charge in [0.1, 0.15) is 0 Å². The Morgan fingerprint density at radius 3 is 2.53 bits per heavy atom. The van der Waals surface area contributed by atoms with Gasteiger partial charge in [-0.05, 0) is 56.5 Å². The van der Waals surface area contributed by atoms with Crippen LogP contribution in [0, 0.1) is 5.92 Å². The van der Waals surface area contributed by atoms with Gasteiger partial charge in [0.05, 0.1) is 0 Å². The van der Waals surface area contributed by atoms with Gasteiger partial charge in [-0.25, -0.2) is 0 Å². The molecular weight excluding hydrogens is 256 g/mol. The molecule has 1 N–H and O–H groups in total. The van der Waals surface area contributed by atoms with Crippen LogP contribution in [0.4, 0.5) is 0 Å². The van der Waals surface area contributed by atoms with E-state index < -0.39 is 0 Å². The van der Waals surface area contributed by atoms with Gasteiger partial charge in [-0.1, -0.05) is 30.7 Å². The molecule has 0 spiro atoms. The summed E-state index contributed by atoms with van der Waals surface area (Å²) in [6.07, 6.45) is 2.71. The second-order valence-electron chi connectivity index (χ2n) is 5.75. The van der Waals surface area contributed by atoms with Crippen LogP contribution in [0.1, 0.15) is 38.3 Å². The van der Waals surface area contributed by atoms with E-state index in [1.165, 1.54) is 31.5 Å². The van der Waals surface area contributed by atoms with Gasteiger partial charge in [-0.15, -0.1) is 0 Å². The monoisotopic (exact) mass is 280 g/mol. The van der Waals surface area contributed by atoms with Crippen molar-refractivity contribution in [3.63, 3.8) is 0 Å². The summed E-state index contributed by atoms with van der Waals surface area (Å²) >= 11 is 5.91. The minimum absolute atomic E-state index is 0.390. The third-order valence-electron chi connectivity index (χ3n) is 4.12. The normalized spacial score (nSPS) is 19.5. The first-order chi connectivity index (χ1) is 9.15. The highest BCUT2D eigenvalue weighted by atomic mass is 35.5. The molecule has 19 heavy (non-hydrogen) atoms. The Labute approximate surface area is 122 Å². The number of halogens is 1. The lowest BCUT2D eigenvalue weighted by Gasteiger charge is -2.30. The third-order valence-corrected chi connectivity index (χ3v) is 4.38. The second kappa shape index (κ2) is 7.28. The van der Waals surface area contributed by atoms with Crippen molar-refractivity contribution in [3.8, 4) is 0 Å². The van der Waals surface area contributed by atoms with E-state index >= 15 is 0 Å². The highest BCUT2D eigenvalue weighted by molar-refractivity contribution is 6.30. The fourth-order valence-electron chi connectivity index (χ4n) is 2.59. The summed E-state index contributed by atoms with van der Waals surface area (Å²) in [5.41, 5.74) is 1.30. The van der Waals surface area contributed by atoms with Crippen LogP contribution in [0.2, 0.25) is 5.02 Å². The van der Waals surface area contributed by atoms with E-state index in [1.54, 1.807) is 0 Å². The number of nitrogens with zero attached hydrogens (tertiary/aromatic N) is 1. The minimum atomic E-state index is 0.390. The molecule has 106 valence electrons. The maximum absolute atomic E-state index is 5.91. The number of piperidine rings is 1. The van der Waals surface area contributed by atoms with Gasteiger partial charge in [0, 0.05) is 24.2 Å². The summed E-state index contributed by atoms with van der Waals surface area (Å²) in [5, 5.41) is 4.40. The predicted octanol–water partition coefficient (Wildman–Crippen LogP) is 3.72. The smallest absolute Gasteiger partial charge is 0.0406 e. The van der Waals surface area contributed by atoms with Crippen molar-refractivity contribution >= 4 is 11.6 Å². The molecule has 1 heterocycles. The Hall–Kier alpha value is -0.570. The molecule has 1 unspecified atom stereocenters. The predicted molar refractivity (Wildman–Crippen MR) is 82.7 cm³/mol. The molecule has 2 nitrogen and oxygen atoms in total. The van der Waals surface area contributed by atoms with Gasteiger partial charge < -0.3 is 10.2 Å². The Morgan fingerprint density at radius 1 is 1.26 bits per heavy atom. The number of benzene rings is 1. The molecule has 0 saturated carbocycles. The average Bonchev–Trinajstić information content (AvgIpc) is 2.41. The topological polar surface area (TPSA) is 15.3 Å². The van der Waals surface area contributed by atoms with Crippen LogP contribution in [-0.2, 0) is 0 Å². The first-order valence-corrected chi connectivity index (χ1v) is 7.74. The van der Waals surface area contributed by atoms with Crippen LogP contribution < -0.4 is 5.32 Å². The van der Waals surface area contributed by atoms with Crippen molar-refractivity contribution < 1.29 is 0 Å². The van der Waals surface area contributed by atoms with Crippen molar-refractivity contribution in [3.05, 3.63) is 34.9 Å². The molecule has 0 aliphatic carbocycles. The summed E-state index contributed by atoms with van der Waals surface area (Å²) in [7, 11) is 0. The van der Waals surface area contributed by atoms with Gasteiger partial charge in [-0.2, -0.15) is 0 Å². The van der Waals surface area contributed by atoms with Gasteiger partial charge >= 0.3 is 0 Å². The molecule has 1 fully saturated rings. The summed E-state index contributed by atoms with van der Waals surface area (Å²) < 4.78 is 0. The van der Waals surface area contributed by atoms with E-state index in [-0.39, 0.29) is 0 Å². The van der Waals surface area contributed by atoms with E-state index in [1.807, 2.05) is 12.1 Å². The van der Waals surface area contributed by atoms with E-state index in [0.717, 1.165) is 24.0 Å². The number of hydrogen-bond donors (Lipinski definition) is 1. The van der Waals surface area contributed by atoms with Crippen molar-refractivity contribution in [2.75, 3.05) is 26.2 Å². The molecule has 0 aromatic heterocycles. The van der Waals surface area contributed by atoms with Crippen molar-refractivity contribution in [1.82, 2.24) is 10.2 Å². The number of likely N-dealkylation sites (tertiary alicyclic amines) is 1. The molecule has 1 aliphatic heterocycles. The van der Waals surface area contributed by atoms with Crippen LogP contribution in [0.25, 0.3) is 0 Å². The first-order valence-electron chi connectivity index (χ1n) is 7.36. The zero-order valence-corrected chi connectivity index (χ0v) is 12.8. The van der Waals surface area contributed by atoms with Gasteiger partial charge in [0.2, 0.25) is 0 Å². The first kappa shape index (κ1) is 14.8. The number of rotatable bonds is 5. The molecule has 0 bridgehead atoms. The molecule has 3 heteroatoms. The molecule has 1 atom stereocenters. The highest BCUT2D eigenvalue weighted by Crippen LogP contribution is 2.17. The third kappa shape index (κ3) is 4.79. The fourth-order valence-corrected chi connectivity index (χ4v) is 2.72. The van der Waals surface area contributed by atoms with Crippen LogP contribution in [0.3, 0.4) is 0 Å². The maximum atomic E-state index is 5.91. The average molecular weight is 281 g/mol. The van der Waals surface area contributed by atoms with E-state index in [9.17, 15) is 0 Å². The zero-order chi connectivity index (χ0) is 13.7. The van der Waals surface area contributed by atoms with Crippen molar-refractivity contribution in [2.24, 2.45) is 5.92 Å². The van der Waals surface area contributed by atoms with Crippen molar-refractivity contribution in [1.29, 1.82) is 0 Å². The quantitative estimate of drug-likeness (QED) is 0.884. The molecule has 1 aromatic rings. The largest absolute Gasteiger partial charge is 0.309 e. The van der Waals surface area contributed by atoms with Gasteiger partial charge in [0.15, 0.2) is 0 Å². The highest BCUT2D eigenvalue weighted by Gasteiger charge is 2.15. The van der Waals surface area contributed by atoms with Crippen LogP contribution in [0.15, 0.2) is 24.3 Å². The molecule has 1 aromatic carbocycles. The lowest BCUT2D eigenvalue weighted by molar-refractivity contribution is 0.191.